The molecule has 0 bridgehead atoms. The van der Waals surface area contributed by atoms with E-state index in [1.165, 1.54) is 96.3 Å². The predicted molar refractivity (Wildman–Crippen MR) is 113 cm³/mol. The first-order chi connectivity index (χ1) is 12.3. The number of carbonyl (C=O) groups is 1. The Bertz CT molecular complexity index is 298. The van der Waals surface area contributed by atoms with Crippen LogP contribution < -0.4 is 0 Å². The zero-order valence-corrected chi connectivity index (χ0v) is 17.6. The molecule has 1 nitrogen and oxygen atoms in total. The summed E-state index contributed by atoms with van der Waals surface area (Å²) in [5, 5.41) is -0.202. The second-order valence-corrected chi connectivity index (χ2v) is 7.88. The molecular formula is C23H43ClO. The van der Waals surface area contributed by atoms with Crippen molar-refractivity contribution in [3.8, 4) is 0 Å². The maximum Gasteiger partial charge on any atom is 0.221 e. The summed E-state index contributed by atoms with van der Waals surface area (Å²) < 4.78 is 0. The molecular weight excluding hydrogens is 328 g/mol. The Balaban J connectivity index is 3.05. The van der Waals surface area contributed by atoms with Gasteiger partial charge in [0.05, 0.1) is 0 Å². The molecule has 0 saturated heterocycles. The third kappa shape index (κ3) is 23.7. The fourth-order valence-electron chi connectivity index (χ4n) is 3.22. The molecule has 0 aliphatic rings. The topological polar surface area (TPSA) is 17.1 Å². The standard InChI is InChI=1S/C23H43ClO/c1-2-3-4-5-6-7-8-9-10-11-12-13-14-15-16-17-18-19-20-21-22-23(24)25/h17-18H,2-16,19-22H2,1H3/b18-17+. The molecule has 0 unspecified atom stereocenters. The molecule has 0 heterocycles. The fraction of sp³-hybridized carbons (Fsp3) is 0.870. The minimum absolute atomic E-state index is 0.202. The average Bonchev–Trinajstić information content (AvgIpc) is 2.60. The van der Waals surface area contributed by atoms with Gasteiger partial charge < -0.3 is 0 Å². The largest absolute Gasteiger partial charge is 0.281 e. The summed E-state index contributed by atoms with van der Waals surface area (Å²) in [6.45, 7) is 2.29. The van der Waals surface area contributed by atoms with Crippen LogP contribution in [0.5, 0.6) is 0 Å². The van der Waals surface area contributed by atoms with E-state index in [1.807, 2.05) is 0 Å². The van der Waals surface area contributed by atoms with Crippen molar-refractivity contribution in [3.63, 3.8) is 0 Å². The van der Waals surface area contributed by atoms with Gasteiger partial charge in [-0.25, -0.2) is 0 Å². The summed E-state index contributed by atoms with van der Waals surface area (Å²) in [4.78, 5) is 10.6. The fourth-order valence-corrected chi connectivity index (χ4v) is 3.35. The van der Waals surface area contributed by atoms with Crippen molar-refractivity contribution in [1.29, 1.82) is 0 Å². The van der Waals surface area contributed by atoms with Crippen molar-refractivity contribution in [2.75, 3.05) is 0 Å². The van der Waals surface area contributed by atoms with E-state index in [2.05, 4.69) is 19.1 Å². The first-order valence-corrected chi connectivity index (χ1v) is 11.5. The molecule has 0 saturated carbocycles. The quantitative estimate of drug-likeness (QED) is 0.119. The predicted octanol–water partition coefficient (Wildman–Crippen LogP) is 8.74. The maximum absolute atomic E-state index is 10.6. The van der Waals surface area contributed by atoms with Gasteiger partial charge in [-0.05, 0) is 43.7 Å². The average molecular weight is 371 g/mol. The van der Waals surface area contributed by atoms with Crippen LogP contribution in [-0.4, -0.2) is 5.24 Å². The molecule has 0 spiro atoms. The lowest BCUT2D eigenvalue weighted by Gasteiger charge is -2.02. The Morgan fingerprint density at radius 2 is 0.960 bits per heavy atom. The SMILES string of the molecule is CCCCCCCCCCCCCCCC/C=C/CCCCC(=O)Cl. The monoisotopic (exact) mass is 370 g/mol. The molecule has 0 aromatic carbocycles. The van der Waals surface area contributed by atoms with Gasteiger partial charge in [0.2, 0.25) is 5.24 Å². The van der Waals surface area contributed by atoms with E-state index in [9.17, 15) is 4.79 Å². The van der Waals surface area contributed by atoms with E-state index in [1.54, 1.807) is 0 Å². The minimum Gasteiger partial charge on any atom is -0.281 e. The number of allylic oxidation sites excluding steroid dienone is 2. The molecule has 2 heteroatoms. The van der Waals surface area contributed by atoms with Crippen molar-refractivity contribution in [1.82, 2.24) is 0 Å². The molecule has 148 valence electrons. The molecule has 0 atom stereocenters. The summed E-state index contributed by atoms with van der Waals surface area (Å²) >= 11 is 5.31. The van der Waals surface area contributed by atoms with Gasteiger partial charge in [-0.15, -0.1) is 0 Å². The summed E-state index contributed by atoms with van der Waals surface area (Å²) in [6, 6.07) is 0. The Morgan fingerprint density at radius 3 is 1.36 bits per heavy atom. The number of hydrogen-bond acceptors (Lipinski definition) is 1. The minimum atomic E-state index is -0.202. The Kier molecular flexibility index (Phi) is 21.5. The van der Waals surface area contributed by atoms with Gasteiger partial charge in [0.1, 0.15) is 0 Å². The summed E-state index contributed by atoms with van der Waals surface area (Å²) in [5.74, 6) is 0. The van der Waals surface area contributed by atoms with Gasteiger partial charge in [0.25, 0.3) is 0 Å². The van der Waals surface area contributed by atoms with Crippen LogP contribution in [0.4, 0.5) is 0 Å². The number of unbranched alkanes of at least 4 members (excludes halogenated alkanes) is 16. The first kappa shape index (κ1) is 24.7. The van der Waals surface area contributed by atoms with E-state index in [0.717, 1.165) is 19.3 Å². The normalized spacial score (nSPS) is 11.4. The highest BCUT2D eigenvalue weighted by molar-refractivity contribution is 6.63. The third-order valence-electron chi connectivity index (χ3n) is 4.89. The number of halogens is 1. The van der Waals surface area contributed by atoms with Crippen molar-refractivity contribution in [2.24, 2.45) is 0 Å². The molecule has 0 N–H and O–H groups in total. The van der Waals surface area contributed by atoms with Crippen LogP contribution >= 0.6 is 11.6 Å². The molecule has 0 aliphatic heterocycles. The van der Waals surface area contributed by atoms with E-state index in [0.29, 0.717) is 6.42 Å². The van der Waals surface area contributed by atoms with E-state index in [4.69, 9.17) is 11.6 Å². The van der Waals surface area contributed by atoms with Gasteiger partial charge in [-0.1, -0.05) is 103 Å². The lowest BCUT2D eigenvalue weighted by Crippen LogP contribution is -1.84. The van der Waals surface area contributed by atoms with Crippen molar-refractivity contribution < 1.29 is 4.79 Å². The van der Waals surface area contributed by atoms with Gasteiger partial charge >= 0.3 is 0 Å². The van der Waals surface area contributed by atoms with Crippen LogP contribution in [0.15, 0.2) is 12.2 Å². The highest BCUT2D eigenvalue weighted by Gasteiger charge is 1.95. The molecule has 0 rings (SSSR count). The number of carbonyl (C=O) groups excluding carboxylic acids is 1. The lowest BCUT2D eigenvalue weighted by molar-refractivity contribution is -0.111. The second kappa shape index (κ2) is 21.7. The molecule has 0 aromatic rings. The zero-order chi connectivity index (χ0) is 18.4. The van der Waals surface area contributed by atoms with Crippen LogP contribution in [0, 0.1) is 0 Å². The third-order valence-corrected chi connectivity index (χ3v) is 5.07. The van der Waals surface area contributed by atoms with Gasteiger partial charge in [0.15, 0.2) is 0 Å². The van der Waals surface area contributed by atoms with Crippen LogP contribution in [0.1, 0.15) is 129 Å². The number of rotatable bonds is 20. The van der Waals surface area contributed by atoms with Crippen LogP contribution in [0.2, 0.25) is 0 Å². The van der Waals surface area contributed by atoms with E-state index in [-0.39, 0.29) is 5.24 Å². The van der Waals surface area contributed by atoms with Gasteiger partial charge in [0, 0.05) is 6.42 Å². The molecule has 0 radical (unpaired) electrons. The van der Waals surface area contributed by atoms with Crippen LogP contribution in [0.3, 0.4) is 0 Å². The molecule has 0 amide bonds. The molecule has 0 aliphatic carbocycles. The zero-order valence-electron chi connectivity index (χ0n) is 16.9. The van der Waals surface area contributed by atoms with Gasteiger partial charge in [-0.3, -0.25) is 4.79 Å². The summed E-state index contributed by atoms with van der Waals surface area (Å²) in [5.41, 5.74) is 0. The Morgan fingerprint density at radius 1 is 0.600 bits per heavy atom. The molecule has 25 heavy (non-hydrogen) atoms. The van der Waals surface area contributed by atoms with E-state index < -0.39 is 0 Å². The Hall–Kier alpha value is -0.300. The smallest absolute Gasteiger partial charge is 0.221 e. The highest BCUT2D eigenvalue weighted by atomic mass is 35.5. The highest BCUT2D eigenvalue weighted by Crippen LogP contribution is 2.13. The van der Waals surface area contributed by atoms with Crippen LogP contribution in [-0.2, 0) is 4.79 Å². The summed E-state index contributed by atoms with van der Waals surface area (Å²) in [7, 11) is 0. The second-order valence-electron chi connectivity index (χ2n) is 7.46. The summed E-state index contributed by atoms with van der Waals surface area (Å²) in [6.07, 6.45) is 29.3. The molecule has 0 aromatic heterocycles. The number of hydrogen-bond donors (Lipinski definition) is 0. The molecule has 0 fully saturated rings. The first-order valence-electron chi connectivity index (χ1n) is 11.1. The van der Waals surface area contributed by atoms with Crippen molar-refractivity contribution >= 4 is 16.8 Å². The maximum atomic E-state index is 10.6. The van der Waals surface area contributed by atoms with Crippen molar-refractivity contribution in [3.05, 3.63) is 12.2 Å². The van der Waals surface area contributed by atoms with Crippen molar-refractivity contribution in [2.45, 2.75) is 129 Å². The Labute approximate surface area is 163 Å². The lowest BCUT2D eigenvalue weighted by atomic mass is 10.0. The van der Waals surface area contributed by atoms with Gasteiger partial charge in [-0.2, -0.15) is 0 Å². The van der Waals surface area contributed by atoms with Crippen LogP contribution in [0.25, 0.3) is 0 Å². The van der Waals surface area contributed by atoms with E-state index >= 15 is 0 Å².